The highest BCUT2D eigenvalue weighted by Crippen LogP contribution is 2.25. The highest BCUT2D eigenvalue weighted by Gasteiger charge is 2.27. The Bertz CT molecular complexity index is 785. The fourth-order valence-electron chi connectivity index (χ4n) is 3.22. The van der Waals surface area contributed by atoms with Gasteiger partial charge in [-0.25, -0.2) is 4.79 Å². The third kappa shape index (κ3) is 4.15. The highest BCUT2D eigenvalue weighted by atomic mass is 35.5. The number of furan rings is 1. The number of hydrogen-bond acceptors (Lipinski definition) is 4. The Kier molecular flexibility index (Phi) is 5.33. The standard InChI is InChI=1S/C19H22ClNO4/c1-11-5-3-4-6-15(11)21-18(22)12(2)24-19(23)17-10-13-9-14(20)7-8-16(13)25-17/h7-12,15H,3-6H2,1-2H3,(H,21,22)/t11-,12-,15+/m1/s1. The van der Waals surface area contributed by atoms with E-state index >= 15 is 0 Å². The summed E-state index contributed by atoms with van der Waals surface area (Å²) in [6, 6.07) is 6.80. The third-order valence-electron chi connectivity index (χ3n) is 4.77. The molecule has 6 heteroatoms. The Labute approximate surface area is 151 Å². The zero-order valence-electron chi connectivity index (χ0n) is 14.4. The molecule has 134 valence electrons. The first kappa shape index (κ1) is 17.8. The Morgan fingerprint density at radius 1 is 1.28 bits per heavy atom. The number of rotatable bonds is 4. The van der Waals surface area contributed by atoms with Crippen LogP contribution < -0.4 is 5.32 Å². The fraction of sp³-hybridized carbons (Fsp3) is 0.474. The summed E-state index contributed by atoms with van der Waals surface area (Å²) in [5, 5.41) is 4.27. The number of carbonyl (C=O) groups is 2. The molecule has 0 saturated heterocycles. The van der Waals surface area contributed by atoms with Crippen LogP contribution in [0.5, 0.6) is 0 Å². The summed E-state index contributed by atoms with van der Waals surface area (Å²) in [6.07, 6.45) is 3.52. The minimum absolute atomic E-state index is 0.0583. The van der Waals surface area contributed by atoms with Gasteiger partial charge in [-0.3, -0.25) is 4.79 Å². The van der Waals surface area contributed by atoms with Crippen LogP contribution in [-0.4, -0.2) is 24.0 Å². The SMILES string of the molecule is C[C@@H]1CCCC[C@@H]1NC(=O)[C@@H](C)OC(=O)c1cc2cc(Cl)ccc2o1. The van der Waals surface area contributed by atoms with Gasteiger partial charge in [-0.1, -0.05) is 31.4 Å². The van der Waals surface area contributed by atoms with Crippen LogP contribution in [0.25, 0.3) is 11.0 Å². The molecule has 0 unspecified atom stereocenters. The van der Waals surface area contributed by atoms with Crippen molar-refractivity contribution in [1.29, 1.82) is 0 Å². The van der Waals surface area contributed by atoms with E-state index in [0.717, 1.165) is 19.3 Å². The Hall–Kier alpha value is -2.01. The van der Waals surface area contributed by atoms with Crippen molar-refractivity contribution in [1.82, 2.24) is 5.32 Å². The second kappa shape index (κ2) is 7.48. The number of amides is 1. The second-order valence-corrected chi connectivity index (χ2v) is 7.15. The average molecular weight is 364 g/mol. The number of esters is 1. The lowest BCUT2D eigenvalue weighted by Gasteiger charge is -2.30. The smallest absolute Gasteiger partial charge is 0.375 e. The van der Waals surface area contributed by atoms with Crippen LogP contribution in [0.3, 0.4) is 0 Å². The third-order valence-corrected chi connectivity index (χ3v) is 5.01. The van der Waals surface area contributed by atoms with Gasteiger partial charge in [-0.2, -0.15) is 0 Å². The van der Waals surface area contributed by atoms with Crippen LogP contribution in [0.15, 0.2) is 28.7 Å². The molecule has 1 amide bonds. The van der Waals surface area contributed by atoms with Crippen molar-refractivity contribution in [2.24, 2.45) is 5.92 Å². The van der Waals surface area contributed by atoms with E-state index in [4.69, 9.17) is 20.8 Å². The molecular formula is C19H22ClNO4. The predicted molar refractivity (Wildman–Crippen MR) is 95.7 cm³/mol. The summed E-state index contributed by atoms with van der Waals surface area (Å²) in [5.74, 6) is -0.429. The summed E-state index contributed by atoms with van der Waals surface area (Å²) in [6.45, 7) is 3.71. The number of carbonyl (C=O) groups excluding carboxylic acids is 2. The summed E-state index contributed by atoms with van der Waals surface area (Å²) in [5.41, 5.74) is 0.546. The van der Waals surface area contributed by atoms with E-state index in [9.17, 15) is 9.59 Å². The van der Waals surface area contributed by atoms with Gasteiger partial charge in [0.2, 0.25) is 5.76 Å². The molecule has 1 aliphatic rings. The first-order valence-electron chi connectivity index (χ1n) is 8.64. The zero-order valence-corrected chi connectivity index (χ0v) is 15.1. The molecule has 3 rings (SSSR count). The number of nitrogens with one attached hydrogen (secondary N) is 1. The molecule has 5 nitrogen and oxygen atoms in total. The molecule has 25 heavy (non-hydrogen) atoms. The molecule has 1 aromatic carbocycles. The normalized spacial score (nSPS) is 21.7. The van der Waals surface area contributed by atoms with Gasteiger partial charge >= 0.3 is 5.97 Å². The molecule has 0 spiro atoms. The van der Waals surface area contributed by atoms with Gasteiger partial charge in [0.25, 0.3) is 5.91 Å². The summed E-state index contributed by atoms with van der Waals surface area (Å²) in [7, 11) is 0. The van der Waals surface area contributed by atoms with Crippen molar-refractivity contribution in [3.8, 4) is 0 Å². The topological polar surface area (TPSA) is 68.5 Å². The maximum Gasteiger partial charge on any atom is 0.375 e. The number of ether oxygens (including phenoxy) is 1. The van der Waals surface area contributed by atoms with Crippen molar-refractivity contribution in [2.45, 2.75) is 51.7 Å². The molecule has 1 N–H and O–H groups in total. The maximum absolute atomic E-state index is 12.3. The molecule has 1 fully saturated rings. The number of benzene rings is 1. The van der Waals surface area contributed by atoms with Gasteiger partial charge in [-0.15, -0.1) is 0 Å². The van der Waals surface area contributed by atoms with Crippen LogP contribution in [-0.2, 0) is 9.53 Å². The Morgan fingerprint density at radius 2 is 2.04 bits per heavy atom. The zero-order chi connectivity index (χ0) is 18.0. The van der Waals surface area contributed by atoms with E-state index in [1.807, 2.05) is 0 Å². The highest BCUT2D eigenvalue weighted by molar-refractivity contribution is 6.31. The van der Waals surface area contributed by atoms with E-state index in [1.54, 1.807) is 31.2 Å². The Morgan fingerprint density at radius 3 is 2.80 bits per heavy atom. The summed E-state index contributed by atoms with van der Waals surface area (Å²) >= 11 is 5.93. The first-order valence-corrected chi connectivity index (χ1v) is 9.02. The minimum Gasteiger partial charge on any atom is -0.449 e. The van der Waals surface area contributed by atoms with E-state index in [-0.39, 0.29) is 17.7 Å². The molecule has 2 aromatic rings. The number of fused-ring (bicyclic) bond motifs is 1. The first-order chi connectivity index (χ1) is 11.9. The van der Waals surface area contributed by atoms with Crippen LogP contribution in [0.1, 0.15) is 50.1 Å². The van der Waals surface area contributed by atoms with Gasteiger partial charge in [0.1, 0.15) is 5.58 Å². The predicted octanol–water partition coefficient (Wildman–Crippen LogP) is 4.33. The molecule has 1 aliphatic carbocycles. The van der Waals surface area contributed by atoms with Gasteiger partial charge in [0.05, 0.1) is 0 Å². The van der Waals surface area contributed by atoms with Crippen molar-refractivity contribution < 1.29 is 18.7 Å². The van der Waals surface area contributed by atoms with E-state index in [2.05, 4.69) is 12.2 Å². The molecule has 0 radical (unpaired) electrons. The second-order valence-electron chi connectivity index (χ2n) is 6.72. The Balaban J connectivity index is 1.61. The molecule has 3 atom stereocenters. The lowest BCUT2D eigenvalue weighted by molar-refractivity contribution is -0.130. The van der Waals surface area contributed by atoms with Crippen LogP contribution in [0.2, 0.25) is 5.02 Å². The van der Waals surface area contributed by atoms with Crippen LogP contribution >= 0.6 is 11.6 Å². The molecular weight excluding hydrogens is 342 g/mol. The minimum atomic E-state index is -0.876. The van der Waals surface area contributed by atoms with Gasteiger partial charge < -0.3 is 14.5 Å². The lowest BCUT2D eigenvalue weighted by atomic mass is 9.86. The van der Waals surface area contributed by atoms with E-state index < -0.39 is 12.1 Å². The van der Waals surface area contributed by atoms with Gasteiger partial charge in [-0.05, 0) is 49.9 Å². The monoisotopic (exact) mass is 363 g/mol. The molecule has 0 bridgehead atoms. The summed E-state index contributed by atoms with van der Waals surface area (Å²) < 4.78 is 10.7. The maximum atomic E-state index is 12.3. The fourth-order valence-corrected chi connectivity index (χ4v) is 3.40. The van der Waals surface area contributed by atoms with E-state index in [0.29, 0.717) is 21.9 Å². The molecule has 1 saturated carbocycles. The van der Waals surface area contributed by atoms with Crippen molar-refractivity contribution in [3.63, 3.8) is 0 Å². The van der Waals surface area contributed by atoms with Crippen LogP contribution in [0.4, 0.5) is 0 Å². The summed E-state index contributed by atoms with van der Waals surface area (Å²) in [4.78, 5) is 24.5. The lowest BCUT2D eigenvalue weighted by Crippen LogP contribution is -2.45. The quantitative estimate of drug-likeness (QED) is 0.821. The molecule has 0 aliphatic heterocycles. The number of halogens is 1. The van der Waals surface area contributed by atoms with Crippen molar-refractivity contribution in [3.05, 3.63) is 35.0 Å². The van der Waals surface area contributed by atoms with Crippen LogP contribution in [0, 0.1) is 5.92 Å². The van der Waals surface area contributed by atoms with Gasteiger partial charge in [0.15, 0.2) is 6.10 Å². The number of hydrogen-bond donors (Lipinski definition) is 1. The molecule has 1 aromatic heterocycles. The van der Waals surface area contributed by atoms with Crippen molar-refractivity contribution >= 4 is 34.4 Å². The van der Waals surface area contributed by atoms with Gasteiger partial charge in [0, 0.05) is 16.5 Å². The molecule has 1 heterocycles. The van der Waals surface area contributed by atoms with E-state index in [1.165, 1.54) is 6.42 Å². The average Bonchev–Trinajstić information content (AvgIpc) is 3.00. The van der Waals surface area contributed by atoms with Crippen molar-refractivity contribution in [2.75, 3.05) is 0 Å². The largest absolute Gasteiger partial charge is 0.449 e.